The van der Waals surface area contributed by atoms with E-state index in [0.717, 1.165) is 22.5 Å². The maximum absolute atomic E-state index is 13.4. The topological polar surface area (TPSA) is 40.7 Å². The van der Waals surface area contributed by atoms with Crippen molar-refractivity contribution in [3.8, 4) is 11.3 Å². The Balaban J connectivity index is 1.73. The monoisotopic (exact) mass is 301 g/mol. The highest BCUT2D eigenvalue weighted by Gasteiger charge is 2.03. The molecule has 0 bridgehead atoms. The number of nitrogens with zero attached hydrogens (tertiary/aromatic N) is 1. The van der Waals surface area contributed by atoms with E-state index in [1.807, 2.05) is 30.3 Å². The minimum Gasteiger partial charge on any atom is -0.381 e. The average molecular weight is 302 g/mol. The van der Waals surface area contributed by atoms with E-state index in [4.69, 9.17) is 11.6 Å². The molecule has 0 fully saturated rings. The van der Waals surface area contributed by atoms with Crippen molar-refractivity contribution in [3.63, 3.8) is 0 Å². The lowest BCUT2D eigenvalue weighted by atomic mass is 10.1. The first kappa shape index (κ1) is 13.6. The molecule has 3 nitrogen and oxygen atoms in total. The lowest BCUT2D eigenvalue weighted by Crippen LogP contribution is -2.00. The molecule has 2 N–H and O–H groups in total. The lowest BCUT2D eigenvalue weighted by molar-refractivity contribution is 0.626. The molecular weight excluding hydrogens is 289 g/mol. The zero-order chi connectivity index (χ0) is 14.7. The third-order valence-electron chi connectivity index (χ3n) is 3.15. The molecule has 3 aromatic rings. The Morgan fingerprint density at radius 1 is 1.14 bits per heavy atom. The Bertz CT molecular complexity index is 741. The molecule has 0 amide bonds. The zero-order valence-corrected chi connectivity index (χ0v) is 11.9. The van der Waals surface area contributed by atoms with Gasteiger partial charge in [-0.3, -0.25) is 5.10 Å². The molecule has 106 valence electrons. The summed E-state index contributed by atoms with van der Waals surface area (Å²) in [7, 11) is 0. The van der Waals surface area contributed by atoms with Crippen molar-refractivity contribution < 1.29 is 4.39 Å². The first-order valence-electron chi connectivity index (χ1n) is 6.50. The Morgan fingerprint density at radius 3 is 2.81 bits per heavy atom. The van der Waals surface area contributed by atoms with Crippen LogP contribution in [0.2, 0.25) is 5.02 Å². The molecule has 1 heterocycles. The van der Waals surface area contributed by atoms with E-state index in [0.29, 0.717) is 6.54 Å². The van der Waals surface area contributed by atoms with Crippen molar-refractivity contribution in [2.45, 2.75) is 6.54 Å². The van der Waals surface area contributed by atoms with Gasteiger partial charge in [-0.25, -0.2) is 4.39 Å². The number of aromatic nitrogens is 2. The van der Waals surface area contributed by atoms with Crippen LogP contribution >= 0.6 is 11.6 Å². The molecule has 3 rings (SSSR count). The molecular formula is C16H13ClFN3. The molecule has 0 aliphatic carbocycles. The predicted molar refractivity (Wildman–Crippen MR) is 82.8 cm³/mol. The number of anilines is 1. The number of nitrogens with one attached hydrogen (secondary N) is 2. The molecule has 1 aromatic heterocycles. The van der Waals surface area contributed by atoms with Gasteiger partial charge >= 0.3 is 0 Å². The number of H-pyrrole nitrogens is 1. The van der Waals surface area contributed by atoms with Gasteiger partial charge in [-0.05, 0) is 35.9 Å². The SMILES string of the molecule is Fc1cc(CNc2cccc(-c3ccn[nH]3)c2)ccc1Cl. The van der Waals surface area contributed by atoms with Crippen LogP contribution in [0.25, 0.3) is 11.3 Å². The molecule has 0 aliphatic heterocycles. The van der Waals surface area contributed by atoms with Gasteiger partial charge in [0, 0.05) is 24.0 Å². The molecule has 0 saturated heterocycles. The number of rotatable bonds is 4. The second kappa shape index (κ2) is 5.97. The summed E-state index contributed by atoms with van der Waals surface area (Å²) in [6.45, 7) is 0.528. The number of halogens is 2. The third kappa shape index (κ3) is 3.23. The van der Waals surface area contributed by atoms with E-state index >= 15 is 0 Å². The summed E-state index contributed by atoms with van der Waals surface area (Å²) in [4.78, 5) is 0. The van der Waals surface area contributed by atoms with E-state index in [-0.39, 0.29) is 5.02 Å². The van der Waals surface area contributed by atoms with Crippen LogP contribution in [-0.2, 0) is 6.54 Å². The largest absolute Gasteiger partial charge is 0.381 e. The standard InChI is InChI=1S/C16H13ClFN3/c17-14-5-4-11(8-15(14)18)10-19-13-3-1-2-12(9-13)16-6-7-20-21-16/h1-9,19H,10H2,(H,20,21). The zero-order valence-electron chi connectivity index (χ0n) is 11.1. The molecule has 5 heteroatoms. The third-order valence-corrected chi connectivity index (χ3v) is 3.46. The maximum Gasteiger partial charge on any atom is 0.142 e. The fourth-order valence-electron chi connectivity index (χ4n) is 2.07. The van der Waals surface area contributed by atoms with Crippen molar-refractivity contribution >= 4 is 17.3 Å². The summed E-state index contributed by atoms with van der Waals surface area (Å²) in [5.41, 5.74) is 3.79. The Hall–Kier alpha value is -2.33. The summed E-state index contributed by atoms with van der Waals surface area (Å²) >= 11 is 5.67. The van der Waals surface area contributed by atoms with Gasteiger partial charge in [0.25, 0.3) is 0 Å². The minimum atomic E-state index is -0.401. The minimum absolute atomic E-state index is 0.139. The summed E-state index contributed by atoms with van der Waals surface area (Å²) in [6, 6.07) is 14.7. The highest BCUT2D eigenvalue weighted by Crippen LogP contribution is 2.21. The van der Waals surface area contributed by atoms with Crippen molar-refractivity contribution in [1.82, 2.24) is 10.2 Å². The van der Waals surface area contributed by atoms with Crippen LogP contribution in [0, 0.1) is 5.82 Å². The molecule has 0 radical (unpaired) electrons. The molecule has 0 spiro atoms. The molecule has 0 aliphatic rings. The molecule has 21 heavy (non-hydrogen) atoms. The number of hydrogen-bond donors (Lipinski definition) is 2. The van der Waals surface area contributed by atoms with Gasteiger partial charge in [-0.1, -0.05) is 29.8 Å². The summed E-state index contributed by atoms with van der Waals surface area (Å²) in [5, 5.41) is 10.3. The van der Waals surface area contributed by atoms with Crippen LogP contribution in [-0.4, -0.2) is 10.2 Å². The summed E-state index contributed by atoms with van der Waals surface area (Å²) in [5.74, 6) is -0.401. The van der Waals surface area contributed by atoms with Gasteiger partial charge in [0.15, 0.2) is 0 Å². The molecule has 0 atom stereocenters. The Morgan fingerprint density at radius 2 is 2.05 bits per heavy atom. The lowest BCUT2D eigenvalue weighted by Gasteiger charge is -2.08. The molecule has 2 aromatic carbocycles. The Labute approximate surface area is 126 Å². The number of benzene rings is 2. The number of aromatic amines is 1. The van der Waals surface area contributed by atoms with E-state index in [1.165, 1.54) is 6.07 Å². The Kier molecular flexibility index (Phi) is 3.88. The fourth-order valence-corrected chi connectivity index (χ4v) is 2.18. The van der Waals surface area contributed by atoms with Gasteiger partial charge in [-0.15, -0.1) is 0 Å². The normalized spacial score (nSPS) is 10.6. The van der Waals surface area contributed by atoms with Crippen molar-refractivity contribution in [2.24, 2.45) is 0 Å². The molecule has 0 saturated carbocycles. The van der Waals surface area contributed by atoms with Crippen molar-refractivity contribution in [1.29, 1.82) is 0 Å². The van der Waals surface area contributed by atoms with Gasteiger partial charge < -0.3 is 5.32 Å². The smallest absolute Gasteiger partial charge is 0.142 e. The highest BCUT2D eigenvalue weighted by atomic mass is 35.5. The predicted octanol–water partition coefficient (Wildman–Crippen LogP) is 4.48. The second-order valence-corrected chi connectivity index (χ2v) is 5.06. The van der Waals surface area contributed by atoms with E-state index in [2.05, 4.69) is 15.5 Å². The summed E-state index contributed by atoms with van der Waals surface area (Å²) < 4.78 is 13.4. The van der Waals surface area contributed by atoms with E-state index in [9.17, 15) is 4.39 Å². The summed E-state index contributed by atoms with van der Waals surface area (Å²) in [6.07, 6.45) is 1.71. The van der Waals surface area contributed by atoms with Crippen molar-refractivity contribution in [2.75, 3.05) is 5.32 Å². The van der Waals surface area contributed by atoms with Gasteiger partial charge in [0.05, 0.1) is 10.7 Å². The first-order chi connectivity index (χ1) is 10.2. The van der Waals surface area contributed by atoms with E-state index in [1.54, 1.807) is 18.3 Å². The number of hydrogen-bond acceptors (Lipinski definition) is 2. The quantitative estimate of drug-likeness (QED) is 0.746. The van der Waals surface area contributed by atoms with Crippen molar-refractivity contribution in [3.05, 3.63) is 71.1 Å². The van der Waals surface area contributed by atoms with Gasteiger partial charge in [0.2, 0.25) is 0 Å². The van der Waals surface area contributed by atoms with Crippen LogP contribution in [0.4, 0.5) is 10.1 Å². The second-order valence-electron chi connectivity index (χ2n) is 4.65. The highest BCUT2D eigenvalue weighted by molar-refractivity contribution is 6.30. The van der Waals surface area contributed by atoms with Crippen LogP contribution in [0.3, 0.4) is 0 Å². The molecule has 0 unspecified atom stereocenters. The van der Waals surface area contributed by atoms with E-state index < -0.39 is 5.82 Å². The van der Waals surface area contributed by atoms with Gasteiger partial charge in [-0.2, -0.15) is 5.10 Å². The first-order valence-corrected chi connectivity index (χ1v) is 6.88. The van der Waals surface area contributed by atoms with Crippen LogP contribution < -0.4 is 5.32 Å². The van der Waals surface area contributed by atoms with Crippen LogP contribution in [0.15, 0.2) is 54.7 Å². The van der Waals surface area contributed by atoms with Crippen LogP contribution in [0.1, 0.15) is 5.56 Å². The van der Waals surface area contributed by atoms with Gasteiger partial charge in [0.1, 0.15) is 5.82 Å². The van der Waals surface area contributed by atoms with Crippen LogP contribution in [0.5, 0.6) is 0 Å². The maximum atomic E-state index is 13.4. The average Bonchev–Trinajstić information content (AvgIpc) is 3.03. The fraction of sp³-hybridized carbons (Fsp3) is 0.0625.